The van der Waals surface area contributed by atoms with Crippen molar-refractivity contribution >= 4 is 0 Å². The summed E-state index contributed by atoms with van der Waals surface area (Å²) in [5.74, 6) is 0.600. The van der Waals surface area contributed by atoms with Gasteiger partial charge in [0.05, 0.1) is 26.6 Å². The van der Waals surface area contributed by atoms with E-state index in [1.165, 1.54) is 11.1 Å². The van der Waals surface area contributed by atoms with Crippen LogP contribution in [0.5, 0.6) is 0 Å². The second-order valence-electron chi connectivity index (χ2n) is 5.50. The molecule has 1 unspecified atom stereocenters. The Morgan fingerprint density at radius 1 is 1.28 bits per heavy atom. The van der Waals surface area contributed by atoms with Crippen molar-refractivity contribution in [3.05, 3.63) is 47.7 Å². The van der Waals surface area contributed by atoms with E-state index in [9.17, 15) is 0 Å². The van der Waals surface area contributed by atoms with Crippen LogP contribution < -0.4 is 0 Å². The third-order valence-electron chi connectivity index (χ3n) is 4.01. The van der Waals surface area contributed by atoms with Crippen LogP contribution in [0.2, 0.25) is 0 Å². The van der Waals surface area contributed by atoms with Crippen LogP contribution in [0, 0.1) is 11.3 Å². The number of hydrogen-bond acceptors (Lipinski definition) is 2. The van der Waals surface area contributed by atoms with Crippen molar-refractivity contribution in [2.75, 3.05) is 13.7 Å². The van der Waals surface area contributed by atoms with Crippen molar-refractivity contribution in [2.45, 2.75) is 26.9 Å². The zero-order chi connectivity index (χ0) is 13.0. The molecule has 1 aliphatic carbocycles. The molecule has 0 spiro atoms. The summed E-state index contributed by atoms with van der Waals surface area (Å²) in [4.78, 5) is 0. The van der Waals surface area contributed by atoms with Gasteiger partial charge in [-0.1, -0.05) is 44.2 Å². The largest absolute Gasteiger partial charge is 0.504 e. The molecule has 98 valence electrons. The maximum atomic E-state index is 5.82. The lowest BCUT2D eigenvalue weighted by Gasteiger charge is -2.46. The van der Waals surface area contributed by atoms with Crippen molar-refractivity contribution in [3.63, 3.8) is 0 Å². The summed E-state index contributed by atoms with van der Waals surface area (Å²) >= 11 is 0. The van der Waals surface area contributed by atoms with Crippen LogP contribution in [0.1, 0.15) is 25.8 Å². The fourth-order valence-electron chi connectivity index (χ4n) is 2.42. The van der Waals surface area contributed by atoms with Gasteiger partial charge in [0, 0.05) is 0 Å². The van der Waals surface area contributed by atoms with E-state index in [0.717, 1.165) is 13.0 Å². The van der Waals surface area contributed by atoms with Crippen LogP contribution >= 0.6 is 0 Å². The van der Waals surface area contributed by atoms with Gasteiger partial charge in [0.25, 0.3) is 0 Å². The van der Waals surface area contributed by atoms with E-state index in [1.54, 1.807) is 7.11 Å². The first-order valence-corrected chi connectivity index (χ1v) is 6.48. The van der Waals surface area contributed by atoms with Crippen LogP contribution in [-0.4, -0.2) is 13.7 Å². The summed E-state index contributed by atoms with van der Waals surface area (Å²) in [5.41, 5.74) is 2.84. The second kappa shape index (κ2) is 5.57. The number of rotatable bonds is 5. The van der Waals surface area contributed by atoms with Crippen LogP contribution in [0.3, 0.4) is 0 Å². The molecule has 0 aromatic heterocycles. The van der Waals surface area contributed by atoms with Crippen LogP contribution in [0.25, 0.3) is 0 Å². The maximum Gasteiger partial charge on any atom is 0.0822 e. The van der Waals surface area contributed by atoms with E-state index in [0.29, 0.717) is 12.5 Å². The first-order chi connectivity index (χ1) is 8.64. The van der Waals surface area contributed by atoms with Gasteiger partial charge in [0.1, 0.15) is 0 Å². The Bertz CT molecular complexity index is 406. The summed E-state index contributed by atoms with van der Waals surface area (Å²) in [7, 11) is 1.71. The van der Waals surface area contributed by atoms with E-state index in [-0.39, 0.29) is 5.41 Å². The lowest BCUT2D eigenvalue weighted by Crippen LogP contribution is -2.40. The van der Waals surface area contributed by atoms with Gasteiger partial charge in [-0.25, -0.2) is 0 Å². The summed E-state index contributed by atoms with van der Waals surface area (Å²) in [6, 6.07) is 10.3. The zero-order valence-electron chi connectivity index (χ0n) is 11.5. The first-order valence-electron chi connectivity index (χ1n) is 6.48. The monoisotopic (exact) mass is 246 g/mol. The molecule has 0 bridgehead atoms. The third-order valence-corrected chi connectivity index (χ3v) is 4.01. The summed E-state index contributed by atoms with van der Waals surface area (Å²) in [5, 5.41) is 0. The first kappa shape index (κ1) is 13.2. The highest BCUT2D eigenvalue weighted by atomic mass is 16.5. The predicted octanol–water partition coefficient (Wildman–Crippen LogP) is 3.78. The van der Waals surface area contributed by atoms with E-state index in [1.807, 2.05) is 24.5 Å². The molecule has 2 heteroatoms. The molecule has 1 saturated carbocycles. The number of benzene rings is 1. The zero-order valence-corrected chi connectivity index (χ0v) is 11.5. The Kier molecular flexibility index (Phi) is 4.07. The van der Waals surface area contributed by atoms with E-state index in [4.69, 9.17) is 9.47 Å². The molecule has 0 saturated heterocycles. The van der Waals surface area contributed by atoms with Crippen molar-refractivity contribution in [1.29, 1.82) is 0 Å². The van der Waals surface area contributed by atoms with Crippen molar-refractivity contribution in [2.24, 2.45) is 11.3 Å². The van der Waals surface area contributed by atoms with Crippen LogP contribution in [0.15, 0.2) is 42.2 Å². The Morgan fingerprint density at radius 3 is 2.61 bits per heavy atom. The minimum atomic E-state index is 0.215. The highest BCUT2D eigenvalue weighted by Gasteiger charge is 2.43. The number of allylic oxidation sites excluding steroid dienone is 1. The summed E-state index contributed by atoms with van der Waals surface area (Å²) < 4.78 is 10.9. The van der Waals surface area contributed by atoms with E-state index in [2.05, 4.69) is 26.0 Å². The molecule has 0 N–H and O–H groups in total. The van der Waals surface area contributed by atoms with E-state index < -0.39 is 0 Å². The normalized spacial score (nSPS) is 23.7. The van der Waals surface area contributed by atoms with Gasteiger partial charge >= 0.3 is 0 Å². The fraction of sp³-hybridized carbons (Fsp3) is 0.500. The topological polar surface area (TPSA) is 18.5 Å². The standard InChI is InChI=1S/C16H22O2/c1-16(2)14(11-17-3)9-15(16)12-18-10-13-7-5-4-6-8-13/h4-8,11,15H,9-10,12H2,1-3H3. The summed E-state index contributed by atoms with van der Waals surface area (Å²) in [6.45, 7) is 6.05. The van der Waals surface area contributed by atoms with Gasteiger partial charge < -0.3 is 9.47 Å². The molecule has 18 heavy (non-hydrogen) atoms. The van der Waals surface area contributed by atoms with Crippen molar-refractivity contribution in [3.8, 4) is 0 Å². The van der Waals surface area contributed by atoms with Crippen LogP contribution in [-0.2, 0) is 16.1 Å². The Labute approximate surface area is 110 Å². The molecular formula is C16H22O2. The molecule has 2 rings (SSSR count). The molecule has 1 aromatic carbocycles. The molecule has 1 aliphatic rings. The summed E-state index contributed by atoms with van der Waals surface area (Å²) in [6.07, 6.45) is 2.98. The average Bonchev–Trinajstić information content (AvgIpc) is 2.38. The van der Waals surface area contributed by atoms with Crippen molar-refractivity contribution < 1.29 is 9.47 Å². The van der Waals surface area contributed by atoms with Gasteiger partial charge in [0.15, 0.2) is 0 Å². The van der Waals surface area contributed by atoms with E-state index >= 15 is 0 Å². The molecule has 2 nitrogen and oxygen atoms in total. The third kappa shape index (κ3) is 2.75. The molecule has 0 amide bonds. The van der Waals surface area contributed by atoms with Crippen LogP contribution in [0.4, 0.5) is 0 Å². The molecule has 0 heterocycles. The molecule has 1 fully saturated rings. The molecular weight excluding hydrogens is 224 g/mol. The lowest BCUT2D eigenvalue weighted by atomic mass is 9.59. The molecule has 0 radical (unpaired) electrons. The minimum absolute atomic E-state index is 0.215. The highest BCUT2D eigenvalue weighted by molar-refractivity contribution is 5.22. The maximum absolute atomic E-state index is 5.82. The minimum Gasteiger partial charge on any atom is -0.504 e. The van der Waals surface area contributed by atoms with Gasteiger partial charge in [-0.2, -0.15) is 0 Å². The average molecular weight is 246 g/mol. The van der Waals surface area contributed by atoms with Gasteiger partial charge in [-0.3, -0.25) is 0 Å². The SMILES string of the molecule is COC=C1CC(COCc2ccccc2)C1(C)C. The fourth-order valence-corrected chi connectivity index (χ4v) is 2.42. The molecule has 0 aliphatic heterocycles. The van der Waals surface area contributed by atoms with Gasteiger partial charge in [-0.15, -0.1) is 0 Å². The Hall–Kier alpha value is -1.28. The number of hydrogen-bond donors (Lipinski definition) is 0. The smallest absolute Gasteiger partial charge is 0.0822 e. The lowest BCUT2D eigenvalue weighted by molar-refractivity contribution is 0.0171. The molecule has 1 aromatic rings. The number of ether oxygens (including phenoxy) is 2. The van der Waals surface area contributed by atoms with Crippen molar-refractivity contribution in [1.82, 2.24) is 0 Å². The Balaban J connectivity index is 1.78. The molecule has 1 atom stereocenters. The number of methoxy groups -OCH3 is 1. The Morgan fingerprint density at radius 2 is 2.00 bits per heavy atom. The van der Waals surface area contributed by atoms with Gasteiger partial charge in [-0.05, 0) is 28.9 Å². The quantitative estimate of drug-likeness (QED) is 0.736. The predicted molar refractivity (Wildman–Crippen MR) is 73.1 cm³/mol. The van der Waals surface area contributed by atoms with Gasteiger partial charge in [0.2, 0.25) is 0 Å². The highest BCUT2D eigenvalue weighted by Crippen LogP contribution is 2.50. The second-order valence-corrected chi connectivity index (χ2v) is 5.50.